The minimum Gasteiger partial charge on any atom is -0.478 e. The summed E-state index contributed by atoms with van der Waals surface area (Å²) in [6, 6.07) is 6.62. The summed E-state index contributed by atoms with van der Waals surface area (Å²) >= 11 is 1.71. The zero-order chi connectivity index (χ0) is 11.6. The molecule has 1 unspecified atom stereocenters. The first-order valence-electron chi connectivity index (χ1n) is 5.26. The molecule has 0 amide bonds. The molecule has 1 aliphatic heterocycles. The van der Waals surface area contributed by atoms with Crippen molar-refractivity contribution in [2.24, 2.45) is 0 Å². The summed E-state index contributed by atoms with van der Waals surface area (Å²) in [5.41, 5.74) is 0.107. The van der Waals surface area contributed by atoms with E-state index in [9.17, 15) is 9.90 Å². The number of hydrogen-bond acceptors (Lipinski definition) is 3. The summed E-state index contributed by atoms with van der Waals surface area (Å²) in [5.74, 6) is 0.769. The summed E-state index contributed by atoms with van der Waals surface area (Å²) in [4.78, 5) is 10.9. The van der Waals surface area contributed by atoms with E-state index in [-0.39, 0.29) is 5.56 Å². The molecule has 2 N–H and O–H groups in total. The predicted molar refractivity (Wildman–Crippen MR) is 63.9 cm³/mol. The first-order chi connectivity index (χ1) is 7.62. The minimum absolute atomic E-state index is 0.237. The van der Waals surface area contributed by atoms with Gasteiger partial charge in [0.25, 0.3) is 0 Å². The Labute approximate surface area is 98.5 Å². The van der Waals surface area contributed by atoms with Crippen LogP contribution in [0.4, 0.5) is 0 Å². The van der Waals surface area contributed by atoms with Crippen molar-refractivity contribution in [3.63, 3.8) is 0 Å². The summed E-state index contributed by atoms with van der Waals surface area (Å²) in [6.07, 6.45) is 1.68. The van der Waals surface area contributed by atoms with E-state index < -0.39 is 11.6 Å². The van der Waals surface area contributed by atoms with Gasteiger partial charge >= 0.3 is 5.97 Å². The van der Waals surface area contributed by atoms with Gasteiger partial charge in [-0.15, -0.1) is 0 Å². The SMILES string of the molecule is O=C(O)c1cccc(C2(O)CCCSC2)c1. The quantitative estimate of drug-likeness (QED) is 0.828. The Morgan fingerprint density at radius 1 is 1.44 bits per heavy atom. The molecule has 0 aliphatic carbocycles. The van der Waals surface area contributed by atoms with E-state index in [4.69, 9.17) is 5.11 Å². The van der Waals surface area contributed by atoms with E-state index in [0.717, 1.165) is 17.7 Å². The molecular formula is C12H14O3S. The van der Waals surface area contributed by atoms with E-state index in [0.29, 0.717) is 12.2 Å². The highest BCUT2D eigenvalue weighted by Crippen LogP contribution is 2.35. The summed E-state index contributed by atoms with van der Waals surface area (Å²) in [6.45, 7) is 0. The Bertz CT molecular complexity index is 397. The van der Waals surface area contributed by atoms with Crippen LogP contribution in [0.2, 0.25) is 0 Å². The average molecular weight is 238 g/mol. The number of carboxylic acid groups (broad SMARTS) is 1. The van der Waals surface area contributed by atoms with Crippen LogP contribution in [0.15, 0.2) is 24.3 Å². The van der Waals surface area contributed by atoms with Crippen LogP contribution in [0.5, 0.6) is 0 Å². The maximum Gasteiger partial charge on any atom is 0.335 e. The summed E-state index contributed by atoms with van der Waals surface area (Å²) in [7, 11) is 0. The van der Waals surface area contributed by atoms with E-state index in [1.807, 2.05) is 0 Å². The van der Waals surface area contributed by atoms with Crippen LogP contribution in [-0.2, 0) is 5.60 Å². The van der Waals surface area contributed by atoms with Gasteiger partial charge in [0.2, 0.25) is 0 Å². The van der Waals surface area contributed by atoms with Crippen molar-refractivity contribution >= 4 is 17.7 Å². The lowest BCUT2D eigenvalue weighted by Crippen LogP contribution is -2.32. The van der Waals surface area contributed by atoms with Crippen LogP contribution >= 0.6 is 11.8 Å². The third-order valence-corrected chi connectivity index (χ3v) is 4.13. The Morgan fingerprint density at radius 2 is 2.25 bits per heavy atom. The smallest absolute Gasteiger partial charge is 0.335 e. The molecule has 1 aromatic rings. The first-order valence-corrected chi connectivity index (χ1v) is 6.41. The van der Waals surface area contributed by atoms with Gasteiger partial charge in [-0.3, -0.25) is 0 Å². The molecule has 0 aromatic heterocycles. The highest BCUT2D eigenvalue weighted by atomic mass is 32.2. The van der Waals surface area contributed by atoms with Crippen LogP contribution in [0.25, 0.3) is 0 Å². The molecule has 1 fully saturated rings. The van der Waals surface area contributed by atoms with Gasteiger partial charge < -0.3 is 10.2 Å². The molecule has 86 valence electrons. The van der Waals surface area contributed by atoms with Crippen molar-refractivity contribution in [2.45, 2.75) is 18.4 Å². The molecule has 1 saturated heterocycles. The number of aliphatic hydroxyl groups is 1. The third kappa shape index (κ3) is 2.23. The standard InChI is InChI=1S/C12H14O3S/c13-11(14)9-3-1-4-10(7-9)12(15)5-2-6-16-8-12/h1,3-4,7,15H,2,5-6,8H2,(H,13,14). The molecule has 4 heteroatoms. The predicted octanol–water partition coefficient (Wildman–Crippen LogP) is 2.10. The number of carboxylic acids is 1. The highest BCUT2D eigenvalue weighted by molar-refractivity contribution is 7.99. The number of rotatable bonds is 2. The molecule has 0 radical (unpaired) electrons. The van der Waals surface area contributed by atoms with Crippen LogP contribution < -0.4 is 0 Å². The molecule has 0 saturated carbocycles. The fourth-order valence-corrected chi connectivity index (χ4v) is 3.09. The van der Waals surface area contributed by atoms with Crippen LogP contribution in [0.3, 0.4) is 0 Å². The second kappa shape index (κ2) is 4.47. The lowest BCUT2D eigenvalue weighted by atomic mass is 9.90. The van der Waals surface area contributed by atoms with Gasteiger partial charge in [-0.1, -0.05) is 12.1 Å². The second-order valence-corrected chi connectivity index (χ2v) is 5.18. The lowest BCUT2D eigenvalue weighted by molar-refractivity contribution is 0.0493. The fraction of sp³-hybridized carbons (Fsp3) is 0.417. The van der Waals surface area contributed by atoms with Crippen molar-refractivity contribution in [1.29, 1.82) is 0 Å². The van der Waals surface area contributed by atoms with Gasteiger partial charge in [0.15, 0.2) is 0 Å². The second-order valence-electron chi connectivity index (χ2n) is 4.07. The zero-order valence-electron chi connectivity index (χ0n) is 8.85. The number of hydrogen-bond donors (Lipinski definition) is 2. The summed E-state index contributed by atoms with van der Waals surface area (Å²) < 4.78 is 0. The zero-order valence-corrected chi connectivity index (χ0v) is 9.67. The van der Waals surface area contributed by atoms with Crippen molar-refractivity contribution < 1.29 is 15.0 Å². The van der Waals surface area contributed by atoms with E-state index in [1.165, 1.54) is 0 Å². The van der Waals surface area contributed by atoms with Gasteiger partial charge in [0, 0.05) is 5.75 Å². The van der Waals surface area contributed by atoms with Crippen LogP contribution in [0.1, 0.15) is 28.8 Å². The molecule has 3 nitrogen and oxygen atoms in total. The van der Waals surface area contributed by atoms with Gasteiger partial charge in [-0.05, 0) is 36.3 Å². The third-order valence-electron chi connectivity index (χ3n) is 2.87. The largest absolute Gasteiger partial charge is 0.478 e. The van der Waals surface area contributed by atoms with Gasteiger partial charge in [-0.2, -0.15) is 11.8 Å². The number of benzene rings is 1. The van der Waals surface area contributed by atoms with Gasteiger partial charge in [0.1, 0.15) is 0 Å². The molecule has 2 rings (SSSR count). The van der Waals surface area contributed by atoms with Crippen molar-refractivity contribution in [3.05, 3.63) is 35.4 Å². The van der Waals surface area contributed by atoms with E-state index in [1.54, 1.807) is 36.0 Å². The number of thioether (sulfide) groups is 1. The van der Waals surface area contributed by atoms with Crippen molar-refractivity contribution in [1.82, 2.24) is 0 Å². The fourth-order valence-electron chi connectivity index (χ4n) is 1.95. The van der Waals surface area contributed by atoms with E-state index in [2.05, 4.69) is 0 Å². The van der Waals surface area contributed by atoms with E-state index >= 15 is 0 Å². The van der Waals surface area contributed by atoms with Gasteiger partial charge in [-0.25, -0.2) is 4.79 Å². The Kier molecular flexibility index (Phi) is 3.21. The first kappa shape index (κ1) is 11.5. The molecule has 0 spiro atoms. The molecule has 16 heavy (non-hydrogen) atoms. The Balaban J connectivity index is 2.31. The summed E-state index contributed by atoms with van der Waals surface area (Å²) in [5, 5.41) is 19.3. The molecule has 1 atom stereocenters. The molecule has 1 aliphatic rings. The minimum atomic E-state index is -0.950. The molecular weight excluding hydrogens is 224 g/mol. The maximum absolute atomic E-state index is 10.9. The molecule has 0 bridgehead atoms. The Morgan fingerprint density at radius 3 is 2.88 bits per heavy atom. The van der Waals surface area contributed by atoms with Crippen molar-refractivity contribution in [2.75, 3.05) is 11.5 Å². The monoisotopic (exact) mass is 238 g/mol. The van der Waals surface area contributed by atoms with Crippen LogP contribution in [0, 0.1) is 0 Å². The van der Waals surface area contributed by atoms with Crippen LogP contribution in [-0.4, -0.2) is 27.7 Å². The normalized spacial score (nSPS) is 25.3. The average Bonchev–Trinajstić information content (AvgIpc) is 2.30. The Hall–Kier alpha value is -1.00. The number of carbonyl (C=O) groups is 1. The maximum atomic E-state index is 10.9. The highest BCUT2D eigenvalue weighted by Gasteiger charge is 2.31. The van der Waals surface area contributed by atoms with Crippen molar-refractivity contribution in [3.8, 4) is 0 Å². The van der Waals surface area contributed by atoms with Gasteiger partial charge in [0.05, 0.1) is 11.2 Å². The molecule has 1 heterocycles. The topological polar surface area (TPSA) is 57.5 Å². The number of aromatic carboxylic acids is 1. The molecule has 1 aromatic carbocycles. The lowest BCUT2D eigenvalue weighted by Gasteiger charge is -2.32.